The topological polar surface area (TPSA) is 38.8 Å². The molecule has 2 aromatic carbocycles. The number of benzene rings is 2. The number of fused-ring (bicyclic) bond motifs is 2. The maximum Gasteiger partial charge on any atom is 0.292 e. The van der Waals surface area contributed by atoms with Crippen LogP contribution in [-0.2, 0) is 26.6 Å². The SMILES string of the molecule is O=C1N(Cc2ccccc2Cl)c2ccccc2C12OCCCO2. The third-order valence-electron chi connectivity index (χ3n) is 4.26. The lowest BCUT2D eigenvalue weighted by molar-refractivity contribution is -0.256. The van der Waals surface area contributed by atoms with Crippen LogP contribution in [0.4, 0.5) is 5.69 Å². The molecule has 118 valence electrons. The molecule has 0 saturated carbocycles. The molecule has 1 spiro atoms. The molecule has 0 aliphatic carbocycles. The molecule has 4 nitrogen and oxygen atoms in total. The van der Waals surface area contributed by atoms with Crippen molar-refractivity contribution in [1.82, 2.24) is 0 Å². The number of carbonyl (C=O) groups excluding carboxylic acids is 1. The Labute approximate surface area is 139 Å². The van der Waals surface area contributed by atoms with E-state index in [1.165, 1.54) is 0 Å². The van der Waals surface area contributed by atoms with Crippen LogP contribution < -0.4 is 4.90 Å². The fourth-order valence-electron chi connectivity index (χ4n) is 3.15. The summed E-state index contributed by atoms with van der Waals surface area (Å²) in [6.45, 7) is 1.42. The van der Waals surface area contributed by atoms with Crippen LogP contribution in [0.25, 0.3) is 0 Å². The van der Waals surface area contributed by atoms with Gasteiger partial charge in [-0.2, -0.15) is 0 Å². The summed E-state index contributed by atoms with van der Waals surface area (Å²) in [5.74, 6) is -1.48. The molecular weight excluding hydrogens is 314 g/mol. The van der Waals surface area contributed by atoms with Gasteiger partial charge in [0.05, 0.1) is 25.4 Å². The predicted octanol–water partition coefficient (Wildman–Crippen LogP) is 3.48. The Balaban J connectivity index is 1.76. The van der Waals surface area contributed by atoms with Crippen LogP contribution in [-0.4, -0.2) is 19.1 Å². The van der Waals surface area contributed by atoms with Gasteiger partial charge in [-0.15, -0.1) is 0 Å². The largest absolute Gasteiger partial charge is 0.338 e. The van der Waals surface area contributed by atoms with Gasteiger partial charge >= 0.3 is 0 Å². The van der Waals surface area contributed by atoms with Crippen molar-refractivity contribution in [2.24, 2.45) is 0 Å². The lowest BCUT2D eigenvalue weighted by Gasteiger charge is -2.32. The van der Waals surface area contributed by atoms with Crippen LogP contribution in [0.15, 0.2) is 48.5 Å². The predicted molar refractivity (Wildman–Crippen MR) is 87.3 cm³/mol. The standard InChI is InChI=1S/C18H16ClNO3/c19-15-8-3-1-6-13(15)12-20-16-9-4-2-7-14(16)18(17(20)21)22-10-5-11-23-18/h1-4,6-9H,5,10-12H2. The molecular formula is C18H16ClNO3. The summed E-state index contributed by atoms with van der Waals surface area (Å²) >= 11 is 6.25. The van der Waals surface area contributed by atoms with Crippen molar-refractivity contribution in [2.45, 2.75) is 18.8 Å². The van der Waals surface area contributed by atoms with Crippen molar-refractivity contribution >= 4 is 23.2 Å². The minimum absolute atomic E-state index is 0.182. The monoisotopic (exact) mass is 329 g/mol. The average Bonchev–Trinajstić information content (AvgIpc) is 2.81. The number of hydrogen-bond acceptors (Lipinski definition) is 3. The minimum Gasteiger partial charge on any atom is -0.338 e. The zero-order valence-corrected chi connectivity index (χ0v) is 13.3. The Kier molecular flexibility index (Phi) is 3.60. The molecule has 2 heterocycles. The smallest absolute Gasteiger partial charge is 0.292 e. The van der Waals surface area contributed by atoms with Gasteiger partial charge in [-0.1, -0.05) is 48.0 Å². The molecule has 2 aromatic rings. The molecule has 1 amide bonds. The third-order valence-corrected chi connectivity index (χ3v) is 4.63. The second-order valence-corrected chi connectivity index (χ2v) is 6.07. The van der Waals surface area contributed by atoms with Crippen molar-refractivity contribution in [2.75, 3.05) is 18.1 Å². The highest BCUT2D eigenvalue weighted by atomic mass is 35.5. The first-order valence-electron chi connectivity index (χ1n) is 7.65. The summed E-state index contributed by atoms with van der Waals surface area (Å²) in [7, 11) is 0. The summed E-state index contributed by atoms with van der Waals surface area (Å²) in [6.07, 6.45) is 0.793. The summed E-state index contributed by atoms with van der Waals surface area (Å²) < 4.78 is 11.6. The Hall–Kier alpha value is -1.88. The molecule has 1 fully saturated rings. The lowest BCUT2D eigenvalue weighted by atomic mass is 10.1. The van der Waals surface area contributed by atoms with E-state index in [-0.39, 0.29) is 5.91 Å². The van der Waals surface area contributed by atoms with Gasteiger partial charge in [-0.25, -0.2) is 0 Å². The highest BCUT2D eigenvalue weighted by Gasteiger charge is 2.54. The van der Waals surface area contributed by atoms with Crippen molar-refractivity contribution in [3.63, 3.8) is 0 Å². The molecule has 0 atom stereocenters. The summed E-state index contributed by atoms with van der Waals surface area (Å²) in [5.41, 5.74) is 2.49. The van der Waals surface area contributed by atoms with Crippen LogP contribution in [0.3, 0.4) is 0 Å². The minimum atomic E-state index is -1.30. The van der Waals surface area contributed by atoms with Gasteiger partial charge in [-0.3, -0.25) is 4.79 Å². The summed E-state index contributed by atoms with van der Waals surface area (Å²) in [6, 6.07) is 15.2. The van der Waals surface area contributed by atoms with Crippen LogP contribution in [0.1, 0.15) is 17.5 Å². The van der Waals surface area contributed by atoms with E-state index in [1.54, 1.807) is 4.90 Å². The highest BCUT2D eigenvalue weighted by Crippen LogP contribution is 2.45. The van der Waals surface area contributed by atoms with E-state index in [2.05, 4.69) is 0 Å². The van der Waals surface area contributed by atoms with E-state index in [0.29, 0.717) is 24.8 Å². The number of halogens is 1. The number of amides is 1. The fraction of sp³-hybridized carbons (Fsp3) is 0.278. The van der Waals surface area contributed by atoms with E-state index in [9.17, 15) is 4.79 Å². The quantitative estimate of drug-likeness (QED) is 0.846. The van der Waals surface area contributed by atoms with Gasteiger partial charge in [-0.05, 0) is 24.1 Å². The zero-order valence-electron chi connectivity index (χ0n) is 12.5. The zero-order chi connectivity index (χ0) is 15.9. The molecule has 0 radical (unpaired) electrons. The van der Waals surface area contributed by atoms with Crippen LogP contribution >= 0.6 is 11.6 Å². The Bertz CT molecular complexity index is 755. The maximum atomic E-state index is 13.1. The van der Waals surface area contributed by atoms with Crippen molar-refractivity contribution in [1.29, 1.82) is 0 Å². The molecule has 2 aliphatic rings. The number of nitrogens with zero attached hydrogens (tertiary/aromatic N) is 1. The Morgan fingerprint density at radius 1 is 1.04 bits per heavy atom. The second-order valence-electron chi connectivity index (χ2n) is 5.67. The van der Waals surface area contributed by atoms with E-state index >= 15 is 0 Å². The average molecular weight is 330 g/mol. The number of rotatable bonds is 2. The molecule has 0 N–H and O–H groups in total. The number of anilines is 1. The molecule has 0 aromatic heterocycles. The second kappa shape index (κ2) is 5.64. The molecule has 5 heteroatoms. The van der Waals surface area contributed by atoms with Gasteiger partial charge in [0, 0.05) is 10.6 Å². The Morgan fingerprint density at radius 3 is 2.52 bits per heavy atom. The normalized spacial score (nSPS) is 19.2. The fourth-order valence-corrected chi connectivity index (χ4v) is 3.35. The molecule has 4 rings (SSSR count). The maximum absolute atomic E-state index is 13.1. The third kappa shape index (κ3) is 2.26. The molecule has 1 saturated heterocycles. The van der Waals surface area contributed by atoms with E-state index < -0.39 is 5.79 Å². The summed E-state index contributed by atoms with van der Waals surface area (Å²) in [4.78, 5) is 14.8. The lowest BCUT2D eigenvalue weighted by Crippen LogP contribution is -2.47. The van der Waals surface area contributed by atoms with Crippen LogP contribution in [0.2, 0.25) is 5.02 Å². The van der Waals surface area contributed by atoms with Gasteiger partial charge in [0.1, 0.15) is 0 Å². The summed E-state index contributed by atoms with van der Waals surface area (Å²) in [5, 5.41) is 0.643. The first-order valence-corrected chi connectivity index (χ1v) is 8.03. The van der Waals surface area contributed by atoms with E-state index in [1.807, 2.05) is 48.5 Å². The molecule has 0 unspecified atom stereocenters. The molecule has 0 bridgehead atoms. The first kappa shape index (κ1) is 14.7. The number of para-hydroxylation sites is 1. The van der Waals surface area contributed by atoms with Crippen molar-refractivity contribution in [3.05, 3.63) is 64.7 Å². The highest BCUT2D eigenvalue weighted by molar-refractivity contribution is 6.31. The van der Waals surface area contributed by atoms with Crippen LogP contribution in [0.5, 0.6) is 0 Å². The van der Waals surface area contributed by atoms with Gasteiger partial charge < -0.3 is 14.4 Å². The number of hydrogen-bond donors (Lipinski definition) is 0. The van der Waals surface area contributed by atoms with Crippen molar-refractivity contribution in [3.8, 4) is 0 Å². The first-order chi connectivity index (χ1) is 11.2. The number of ether oxygens (including phenoxy) is 2. The van der Waals surface area contributed by atoms with Gasteiger partial charge in [0.15, 0.2) is 0 Å². The molecule has 2 aliphatic heterocycles. The van der Waals surface area contributed by atoms with E-state index in [4.69, 9.17) is 21.1 Å². The molecule has 23 heavy (non-hydrogen) atoms. The van der Waals surface area contributed by atoms with Crippen molar-refractivity contribution < 1.29 is 14.3 Å². The van der Waals surface area contributed by atoms with Gasteiger partial charge in [0.25, 0.3) is 11.7 Å². The van der Waals surface area contributed by atoms with E-state index in [0.717, 1.165) is 23.2 Å². The van der Waals surface area contributed by atoms with Crippen LogP contribution in [0, 0.1) is 0 Å². The van der Waals surface area contributed by atoms with Gasteiger partial charge in [0.2, 0.25) is 0 Å². The Morgan fingerprint density at radius 2 is 1.74 bits per heavy atom. The number of carbonyl (C=O) groups is 1.